The molecule has 0 fully saturated rings. The number of pyridine rings is 1. The fraction of sp³-hybridized carbons (Fsp3) is 0.500. The summed E-state index contributed by atoms with van der Waals surface area (Å²) in [7, 11) is 0. The Kier molecular flexibility index (Phi) is 6.58. The van der Waals surface area contributed by atoms with Crippen LogP contribution in [0.4, 0.5) is 0 Å². The zero-order valence-corrected chi connectivity index (χ0v) is 10.4. The molecule has 0 saturated heterocycles. The quantitative estimate of drug-likeness (QED) is 0.734. The van der Waals surface area contributed by atoms with E-state index in [2.05, 4.69) is 10.3 Å². The van der Waals surface area contributed by atoms with Crippen LogP contribution in [0.5, 0.6) is 0 Å². The molecule has 17 heavy (non-hydrogen) atoms. The molecule has 1 heterocycles. The monoisotopic (exact) mass is 256 g/mol. The molecule has 1 aromatic heterocycles. The van der Waals surface area contributed by atoms with Crippen LogP contribution in [0.2, 0.25) is 5.02 Å². The van der Waals surface area contributed by atoms with Gasteiger partial charge in [-0.1, -0.05) is 24.4 Å². The van der Waals surface area contributed by atoms with E-state index in [-0.39, 0.29) is 12.5 Å². The number of rotatable bonds is 7. The van der Waals surface area contributed by atoms with Gasteiger partial charge in [0.15, 0.2) is 0 Å². The lowest BCUT2D eigenvalue weighted by atomic mass is 10.2. The van der Waals surface area contributed by atoms with Crippen molar-refractivity contribution in [3.63, 3.8) is 0 Å². The largest absolute Gasteiger partial charge is 0.396 e. The van der Waals surface area contributed by atoms with Crippen molar-refractivity contribution < 1.29 is 9.90 Å². The number of nitrogens with one attached hydrogen (secondary N) is 1. The molecule has 0 aromatic carbocycles. The molecule has 0 bridgehead atoms. The van der Waals surface area contributed by atoms with Crippen LogP contribution in [0.1, 0.15) is 36.0 Å². The Morgan fingerprint density at radius 2 is 2.12 bits per heavy atom. The molecule has 4 nitrogen and oxygen atoms in total. The summed E-state index contributed by atoms with van der Waals surface area (Å²) in [5.74, 6) is -0.190. The molecule has 0 aliphatic heterocycles. The van der Waals surface area contributed by atoms with Crippen LogP contribution in [0.3, 0.4) is 0 Å². The molecule has 94 valence electrons. The molecular weight excluding hydrogens is 240 g/mol. The van der Waals surface area contributed by atoms with E-state index in [9.17, 15) is 4.79 Å². The number of carbonyl (C=O) groups excluding carboxylic acids is 1. The maximum absolute atomic E-state index is 11.7. The number of carbonyl (C=O) groups is 1. The van der Waals surface area contributed by atoms with Gasteiger partial charge in [0.25, 0.3) is 5.91 Å². The summed E-state index contributed by atoms with van der Waals surface area (Å²) in [5.41, 5.74) is 0.407. The lowest BCUT2D eigenvalue weighted by Crippen LogP contribution is -2.24. The van der Waals surface area contributed by atoms with Crippen LogP contribution < -0.4 is 5.32 Å². The van der Waals surface area contributed by atoms with Crippen molar-refractivity contribution in [1.82, 2.24) is 10.3 Å². The van der Waals surface area contributed by atoms with Gasteiger partial charge in [-0.3, -0.25) is 9.78 Å². The molecule has 0 atom stereocenters. The first-order chi connectivity index (χ1) is 8.25. The highest BCUT2D eigenvalue weighted by atomic mass is 35.5. The highest BCUT2D eigenvalue weighted by Crippen LogP contribution is 2.12. The van der Waals surface area contributed by atoms with E-state index in [4.69, 9.17) is 16.7 Å². The minimum atomic E-state index is -0.190. The van der Waals surface area contributed by atoms with Crippen molar-refractivity contribution in [2.24, 2.45) is 0 Å². The third kappa shape index (κ3) is 5.15. The first-order valence-corrected chi connectivity index (χ1v) is 6.12. The van der Waals surface area contributed by atoms with Crippen molar-refractivity contribution in [3.05, 3.63) is 29.0 Å². The molecule has 0 aliphatic carbocycles. The first-order valence-electron chi connectivity index (χ1n) is 5.74. The van der Waals surface area contributed by atoms with Crippen LogP contribution in [-0.4, -0.2) is 29.1 Å². The summed E-state index contributed by atoms with van der Waals surface area (Å²) in [5, 5.41) is 11.8. The number of hydrogen-bond donors (Lipinski definition) is 2. The minimum absolute atomic E-state index is 0.190. The summed E-state index contributed by atoms with van der Waals surface area (Å²) in [4.78, 5) is 15.5. The van der Waals surface area contributed by atoms with E-state index in [1.165, 1.54) is 6.20 Å². The average molecular weight is 257 g/mol. The Hall–Kier alpha value is -1.13. The summed E-state index contributed by atoms with van der Waals surface area (Å²) >= 11 is 5.87. The van der Waals surface area contributed by atoms with Gasteiger partial charge in [0.2, 0.25) is 0 Å². The Labute approximate surface area is 106 Å². The summed E-state index contributed by atoms with van der Waals surface area (Å²) in [6, 6.07) is 1.59. The van der Waals surface area contributed by atoms with Gasteiger partial charge in [0, 0.05) is 25.5 Å². The third-order valence-electron chi connectivity index (χ3n) is 2.38. The number of amides is 1. The van der Waals surface area contributed by atoms with Crippen molar-refractivity contribution >= 4 is 17.5 Å². The smallest absolute Gasteiger partial charge is 0.254 e. The van der Waals surface area contributed by atoms with E-state index in [1.807, 2.05) is 0 Å². The lowest BCUT2D eigenvalue weighted by molar-refractivity contribution is 0.0952. The summed E-state index contributed by atoms with van der Waals surface area (Å²) < 4.78 is 0. The highest BCUT2D eigenvalue weighted by molar-refractivity contribution is 6.33. The summed E-state index contributed by atoms with van der Waals surface area (Å²) in [6.45, 7) is 0.854. The van der Waals surface area contributed by atoms with Gasteiger partial charge in [-0.2, -0.15) is 0 Å². The standard InChI is InChI=1S/C12H17ClN2O2/c13-11-5-7-14-9-10(11)12(17)15-6-3-1-2-4-8-16/h5,7,9,16H,1-4,6,8H2,(H,15,17). The fourth-order valence-electron chi connectivity index (χ4n) is 1.43. The van der Waals surface area contributed by atoms with Gasteiger partial charge in [0.05, 0.1) is 10.6 Å². The molecule has 2 N–H and O–H groups in total. The highest BCUT2D eigenvalue weighted by Gasteiger charge is 2.08. The number of aliphatic hydroxyl groups excluding tert-OH is 1. The number of halogens is 1. The minimum Gasteiger partial charge on any atom is -0.396 e. The first kappa shape index (κ1) is 13.9. The van der Waals surface area contributed by atoms with Crippen molar-refractivity contribution in [3.8, 4) is 0 Å². The number of aliphatic hydroxyl groups is 1. The van der Waals surface area contributed by atoms with E-state index in [0.717, 1.165) is 25.7 Å². The molecule has 0 spiro atoms. The van der Waals surface area contributed by atoms with Crippen molar-refractivity contribution in [1.29, 1.82) is 0 Å². The average Bonchev–Trinajstić information content (AvgIpc) is 2.34. The fourth-order valence-corrected chi connectivity index (χ4v) is 1.62. The number of nitrogens with zero attached hydrogens (tertiary/aromatic N) is 1. The third-order valence-corrected chi connectivity index (χ3v) is 2.71. The Bertz CT molecular complexity index is 358. The molecule has 1 rings (SSSR count). The van der Waals surface area contributed by atoms with E-state index in [1.54, 1.807) is 12.3 Å². The maximum Gasteiger partial charge on any atom is 0.254 e. The van der Waals surface area contributed by atoms with Gasteiger partial charge in [0.1, 0.15) is 0 Å². The van der Waals surface area contributed by atoms with Crippen LogP contribution in [0.15, 0.2) is 18.5 Å². The van der Waals surface area contributed by atoms with Crippen LogP contribution in [-0.2, 0) is 0 Å². The molecule has 0 unspecified atom stereocenters. The van der Waals surface area contributed by atoms with Gasteiger partial charge >= 0.3 is 0 Å². The Balaban J connectivity index is 2.24. The van der Waals surface area contributed by atoms with Crippen LogP contribution in [0.25, 0.3) is 0 Å². The second-order valence-corrected chi connectivity index (χ2v) is 4.16. The van der Waals surface area contributed by atoms with E-state index in [0.29, 0.717) is 17.1 Å². The number of hydrogen-bond acceptors (Lipinski definition) is 3. The number of unbranched alkanes of at least 4 members (excludes halogenated alkanes) is 3. The SMILES string of the molecule is O=C(NCCCCCCO)c1cnccc1Cl. The van der Waals surface area contributed by atoms with Gasteiger partial charge in [-0.05, 0) is 18.9 Å². The van der Waals surface area contributed by atoms with E-state index >= 15 is 0 Å². The van der Waals surface area contributed by atoms with Gasteiger partial charge < -0.3 is 10.4 Å². The molecule has 1 amide bonds. The zero-order valence-electron chi connectivity index (χ0n) is 9.66. The second-order valence-electron chi connectivity index (χ2n) is 3.75. The Morgan fingerprint density at radius 1 is 1.35 bits per heavy atom. The number of aromatic nitrogens is 1. The van der Waals surface area contributed by atoms with Crippen molar-refractivity contribution in [2.45, 2.75) is 25.7 Å². The molecule has 5 heteroatoms. The van der Waals surface area contributed by atoms with Gasteiger partial charge in [-0.25, -0.2) is 0 Å². The second kappa shape index (κ2) is 8.03. The van der Waals surface area contributed by atoms with Gasteiger partial charge in [-0.15, -0.1) is 0 Å². The topological polar surface area (TPSA) is 62.2 Å². The van der Waals surface area contributed by atoms with Crippen molar-refractivity contribution in [2.75, 3.05) is 13.2 Å². The zero-order chi connectivity index (χ0) is 12.5. The Morgan fingerprint density at radius 3 is 2.82 bits per heavy atom. The lowest BCUT2D eigenvalue weighted by Gasteiger charge is -2.05. The molecule has 0 saturated carbocycles. The normalized spacial score (nSPS) is 10.2. The predicted octanol–water partition coefficient (Wildman–Crippen LogP) is 2.02. The van der Waals surface area contributed by atoms with E-state index < -0.39 is 0 Å². The van der Waals surface area contributed by atoms with Crippen LogP contribution >= 0.6 is 11.6 Å². The van der Waals surface area contributed by atoms with Crippen LogP contribution in [0, 0.1) is 0 Å². The molecule has 0 aliphatic rings. The predicted molar refractivity (Wildman–Crippen MR) is 67.1 cm³/mol. The molecular formula is C12H17ClN2O2. The molecule has 1 aromatic rings. The maximum atomic E-state index is 11.7. The molecule has 0 radical (unpaired) electrons. The summed E-state index contributed by atoms with van der Waals surface area (Å²) in [6.07, 6.45) is 6.73.